The molecule has 2 N–H and O–H groups in total. The molecule has 0 saturated heterocycles. The van der Waals surface area contributed by atoms with Crippen LogP contribution in [-0.2, 0) is 14.8 Å². The summed E-state index contributed by atoms with van der Waals surface area (Å²) >= 11 is 0. The highest BCUT2D eigenvalue weighted by Gasteiger charge is 2.18. The lowest BCUT2D eigenvalue weighted by atomic mass is 10.1. The van der Waals surface area contributed by atoms with Crippen LogP contribution in [0.4, 0.5) is 5.82 Å². The lowest BCUT2D eigenvalue weighted by molar-refractivity contribution is -0.130. The Morgan fingerprint density at radius 2 is 1.83 bits per heavy atom. The zero-order valence-electron chi connectivity index (χ0n) is 17.3. The number of hydrogen-bond acceptors (Lipinski definition) is 5. The van der Waals surface area contributed by atoms with Crippen molar-refractivity contribution in [3.8, 4) is 17.0 Å². The van der Waals surface area contributed by atoms with Gasteiger partial charge in [-0.2, -0.15) is 5.10 Å². The highest BCUT2D eigenvalue weighted by molar-refractivity contribution is 7.92. The Kier molecular flexibility index (Phi) is 6.12. The van der Waals surface area contributed by atoms with Gasteiger partial charge in [0.05, 0.1) is 10.6 Å². The average molecular weight is 429 g/mol. The van der Waals surface area contributed by atoms with E-state index in [2.05, 4.69) is 14.9 Å². The average Bonchev–Trinajstić information content (AvgIpc) is 3.14. The first-order valence-corrected chi connectivity index (χ1v) is 10.7. The second-order valence-electron chi connectivity index (χ2n) is 7.09. The predicted molar refractivity (Wildman–Crippen MR) is 115 cm³/mol. The van der Waals surface area contributed by atoms with E-state index in [-0.39, 0.29) is 23.2 Å². The number of carbonyl (C=O) groups is 1. The number of rotatable bonds is 7. The number of hydrogen-bond donors (Lipinski definition) is 2. The van der Waals surface area contributed by atoms with Crippen LogP contribution < -0.4 is 9.46 Å². The number of nitrogens with zero attached hydrogens (tertiary/aromatic N) is 2. The summed E-state index contributed by atoms with van der Waals surface area (Å²) in [6.07, 6.45) is 0. The van der Waals surface area contributed by atoms with E-state index in [0.717, 1.165) is 16.8 Å². The number of benzene rings is 2. The number of amides is 1. The van der Waals surface area contributed by atoms with E-state index in [4.69, 9.17) is 4.74 Å². The number of sulfonamides is 1. The Bertz CT molecular complexity index is 1170. The highest BCUT2D eigenvalue weighted by atomic mass is 32.2. The number of ether oxygens (including phenoxy) is 1. The largest absolute Gasteiger partial charge is 0.483 e. The number of carbonyl (C=O) groups excluding carboxylic acids is 1. The fourth-order valence-corrected chi connectivity index (χ4v) is 3.88. The van der Waals surface area contributed by atoms with Crippen LogP contribution in [0.5, 0.6) is 5.75 Å². The summed E-state index contributed by atoms with van der Waals surface area (Å²) in [5.74, 6) is 0.462. The molecule has 0 bridgehead atoms. The summed E-state index contributed by atoms with van der Waals surface area (Å²) in [4.78, 5) is 13.2. The molecule has 30 heavy (non-hydrogen) atoms. The number of anilines is 1. The molecule has 9 heteroatoms. The standard InChI is InChI=1S/C21H24N4O4S/c1-14-7-5-6-8-17(14)18-12-20(23-22-18)24-30(27,28)16-9-10-19(15(2)11-16)29-13-21(26)25(3)4/h5-12H,13H2,1-4H3,(H2,22,23,24). The van der Waals surface area contributed by atoms with E-state index >= 15 is 0 Å². The Labute approximate surface area is 175 Å². The molecule has 0 unspecified atom stereocenters. The van der Waals surface area contributed by atoms with Crippen molar-refractivity contribution in [1.29, 1.82) is 0 Å². The van der Waals surface area contributed by atoms with Crippen LogP contribution >= 0.6 is 0 Å². The lowest BCUT2D eigenvalue weighted by Crippen LogP contribution is -2.27. The van der Waals surface area contributed by atoms with Crippen LogP contribution in [0.15, 0.2) is 53.4 Å². The van der Waals surface area contributed by atoms with Gasteiger partial charge in [0.15, 0.2) is 12.4 Å². The summed E-state index contributed by atoms with van der Waals surface area (Å²) < 4.78 is 33.5. The molecule has 2 aromatic carbocycles. The number of likely N-dealkylation sites (N-methyl/N-ethyl adjacent to an activating group) is 1. The van der Waals surface area contributed by atoms with E-state index in [9.17, 15) is 13.2 Å². The first-order chi connectivity index (χ1) is 14.2. The van der Waals surface area contributed by atoms with Gasteiger partial charge in [0.2, 0.25) is 0 Å². The van der Waals surface area contributed by atoms with Gasteiger partial charge in [0, 0.05) is 25.7 Å². The molecule has 0 fully saturated rings. The van der Waals surface area contributed by atoms with Crippen molar-refractivity contribution in [1.82, 2.24) is 15.1 Å². The first kappa shape index (κ1) is 21.4. The van der Waals surface area contributed by atoms with Crippen molar-refractivity contribution >= 4 is 21.7 Å². The molecule has 0 spiro atoms. The minimum atomic E-state index is -3.84. The SMILES string of the molecule is Cc1cc(S(=O)(=O)Nc2cc(-c3ccccc3C)[nH]n2)ccc1OCC(=O)N(C)C. The number of aromatic nitrogens is 2. The van der Waals surface area contributed by atoms with Crippen LogP contribution in [0.2, 0.25) is 0 Å². The van der Waals surface area contributed by atoms with Crippen molar-refractivity contribution in [2.24, 2.45) is 0 Å². The number of aryl methyl sites for hydroxylation is 2. The van der Waals surface area contributed by atoms with Gasteiger partial charge in [0.1, 0.15) is 5.75 Å². The highest BCUT2D eigenvalue weighted by Crippen LogP contribution is 2.26. The van der Waals surface area contributed by atoms with Crippen molar-refractivity contribution < 1.29 is 17.9 Å². The third kappa shape index (κ3) is 4.80. The number of H-pyrrole nitrogens is 1. The van der Waals surface area contributed by atoms with Gasteiger partial charge in [-0.3, -0.25) is 14.6 Å². The first-order valence-electron chi connectivity index (χ1n) is 9.25. The molecule has 8 nitrogen and oxygen atoms in total. The summed E-state index contributed by atoms with van der Waals surface area (Å²) in [7, 11) is -0.563. The van der Waals surface area contributed by atoms with E-state index in [1.54, 1.807) is 27.1 Å². The number of nitrogens with one attached hydrogen (secondary N) is 2. The fourth-order valence-electron chi connectivity index (χ4n) is 2.80. The smallest absolute Gasteiger partial charge is 0.263 e. The van der Waals surface area contributed by atoms with Crippen molar-refractivity contribution in [3.63, 3.8) is 0 Å². The molecule has 1 aromatic heterocycles. The second-order valence-corrected chi connectivity index (χ2v) is 8.77. The van der Waals surface area contributed by atoms with Gasteiger partial charge in [-0.15, -0.1) is 0 Å². The summed E-state index contributed by atoms with van der Waals surface area (Å²) in [5.41, 5.74) is 3.32. The molecule has 1 heterocycles. The molecule has 0 radical (unpaired) electrons. The minimum Gasteiger partial charge on any atom is -0.483 e. The molecule has 0 aliphatic carbocycles. The lowest BCUT2D eigenvalue weighted by Gasteiger charge is -2.13. The van der Waals surface area contributed by atoms with Crippen LogP contribution in [0, 0.1) is 13.8 Å². The quantitative estimate of drug-likeness (QED) is 0.602. The van der Waals surface area contributed by atoms with Gasteiger partial charge in [0.25, 0.3) is 15.9 Å². The molecule has 3 aromatic rings. The van der Waals surface area contributed by atoms with Crippen molar-refractivity contribution in [3.05, 3.63) is 59.7 Å². The van der Waals surface area contributed by atoms with E-state index < -0.39 is 10.0 Å². The Hall–Kier alpha value is -3.33. The molecular weight excluding hydrogens is 404 g/mol. The maximum atomic E-state index is 12.8. The van der Waals surface area contributed by atoms with Gasteiger partial charge >= 0.3 is 0 Å². The topological polar surface area (TPSA) is 104 Å². The summed E-state index contributed by atoms with van der Waals surface area (Å²) in [6.45, 7) is 3.57. The van der Waals surface area contributed by atoms with E-state index in [0.29, 0.717) is 11.3 Å². The molecule has 3 rings (SSSR count). The van der Waals surface area contributed by atoms with Gasteiger partial charge < -0.3 is 9.64 Å². The van der Waals surface area contributed by atoms with Crippen molar-refractivity contribution in [2.45, 2.75) is 18.7 Å². The van der Waals surface area contributed by atoms with Crippen LogP contribution in [-0.4, -0.2) is 50.1 Å². The predicted octanol–water partition coefficient (Wildman–Crippen LogP) is 2.96. The molecule has 0 saturated carbocycles. The van der Waals surface area contributed by atoms with Gasteiger partial charge in [-0.1, -0.05) is 24.3 Å². The maximum Gasteiger partial charge on any atom is 0.263 e. The number of aromatic amines is 1. The third-order valence-electron chi connectivity index (χ3n) is 4.56. The van der Waals surface area contributed by atoms with Crippen LogP contribution in [0.25, 0.3) is 11.3 Å². The molecule has 1 amide bonds. The third-order valence-corrected chi connectivity index (χ3v) is 5.91. The molecular formula is C21H24N4O4S. The molecule has 0 aliphatic heterocycles. The van der Waals surface area contributed by atoms with Crippen molar-refractivity contribution in [2.75, 3.05) is 25.4 Å². The summed E-state index contributed by atoms with van der Waals surface area (Å²) in [6, 6.07) is 13.9. The maximum absolute atomic E-state index is 12.8. The van der Waals surface area contributed by atoms with E-state index in [1.807, 2.05) is 31.2 Å². The van der Waals surface area contributed by atoms with Crippen LogP contribution in [0.1, 0.15) is 11.1 Å². The van der Waals surface area contributed by atoms with Crippen LogP contribution in [0.3, 0.4) is 0 Å². The Morgan fingerprint density at radius 1 is 1.10 bits per heavy atom. The molecule has 158 valence electrons. The summed E-state index contributed by atoms with van der Waals surface area (Å²) in [5, 5.41) is 6.93. The Morgan fingerprint density at radius 3 is 2.50 bits per heavy atom. The zero-order chi connectivity index (χ0) is 21.9. The zero-order valence-corrected chi connectivity index (χ0v) is 18.1. The Balaban J connectivity index is 1.75. The normalized spacial score (nSPS) is 11.2. The minimum absolute atomic E-state index is 0.0757. The van der Waals surface area contributed by atoms with E-state index in [1.165, 1.54) is 23.1 Å². The van der Waals surface area contributed by atoms with Gasteiger partial charge in [-0.25, -0.2) is 8.42 Å². The van der Waals surface area contributed by atoms with Gasteiger partial charge in [-0.05, 0) is 43.2 Å². The monoisotopic (exact) mass is 428 g/mol. The second kappa shape index (κ2) is 8.58. The molecule has 0 aliphatic rings. The molecule has 0 atom stereocenters. The fraction of sp³-hybridized carbons (Fsp3) is 0.238.